The molecule has 110 valence electrons. The van der Waals surface area contributed by atoms with E-state index in [0.717, 1.165) is 21.9 Å². The zero-order valence-electron chi connectivity index (χ0n) is 12.7. The molecule has 0 saturated heterocycles. The van der Waals surface area contributed by atoms with Crippen LogP contribution >= 0.6 is 0 Å². The predicted molar refractivity (Wildman–Crippen MR) is 89.9 cm³/mol. The largest absolute Gasteiger partial charge is 0.459 e. The maximum absolute atomic E-state index is 12.6. The van der Waals surface area contributed by atoms with Gasteiger partial charge in [-0.15, -0.1) is 0 Å². The van der Waals surface area contributed by atoms with Gasteiger partial charge in [-0.25, -0.2) is 4.79 Å². The number of esters is 1. The van der Waals surface area contributed by atoms with Gasteiger partial charge in [0.1, 0.15) is 0 Å². The van der Waals surface area contributed by atoms with E-state index in [0.29, 0.717) is 5.56 Å². The minimum Gasteiger partial charge on any atom is -0.459 e. The summed E-state index contributed by atoms with van der Waals surface area (Å²) in [5.41, 5.74) is 2.56. The summed E-state index contributed by atoms with van der Waals surface area (Å²) >= 11 is 0. The molecule has 0 radical (unpaired) electrons. The second-order valence-electron chi connectivity index (χ2n) is 5.53. The van der Waals surface area contributed by atoms with Crippen LogP contribution in [0.2, 0.25) is 0 Å². The lowest BCUT2D eigenvalue weighted by Crippen LogP contribution is -2.13. The van der Waals surface area contributed by atoms with Crippen LogP contribution in [0.1, 0.15) is 24.2 Å². The monoisotopic (exact) mass is 290 g/mol. The number of carbonyl (C=O) groups excluding carboxylic acids is 1. The normalized spacial score (nSPS) is 10.9. The molecule has 0 aliphatic carbocycles. The summed E-state index contributed by atoms with van der Waals surface area (Å²) in [5.74, 6) is -0.273. The molecule has 0 fully saturated rings. The molecule has 3 rings (SSSR count). The fourth-order valence-corrected chi connectivity index (χ4v) is 2.62. The third-order valence-electron chi connectivity index (χ3n) is 3.56. The molecule has 0 spiro atoms. The number of fused-ring (bicyclic) bond motifs is 1. The molecule has 2 heteroatoms. The summed E-state index contributed by atoms with van der Waals surface area (Å²) in [5, 5.41) is 1.97. The van der Waals surface area contributed by atoms with Crippen molar-refractivity contribution >= 4 is 16.7 Å². The average molecular weight is 290 g/mol. The highest BCUT2D eigenvalue weighted by atomic mass is 16.5. The van der Waals surface area contributed by atoms with Crippen LogP contribution < -0.4 is 0 Å². The zero-order valence-corrected chi connectivity index (χ0v) is 12.7. The lowest BCUT2D eigenvalue weighted by atomic mass is 9.94. The van der Waals surface area contributed by atoms with Crippen molar-refractivity contribution in [3.63, 3.8) is 0 Å². The first-order valence-electron chi connectivity index (χ1n) is 7.45. The van der Waals surface area contributed by atoms with Crippen molar-refractivity contribution in [1.82, 2.24) is 0 Å². The van der Waals surface area contributed by atoms with Crippen LogP contribution in [0.3, 0.4) is 0 Å². The van der Waals surface area contributed by atoms with Gasteiger partial charge in [0, 0.05) is 0 Å². The summed E-state index contributed by atoms with van der Waals surface area (Å²) in [6.45, 7) is 3.73. The van der Waals surface area contributed by atoms with Crippen molar-refractivity contribution in [2.75, 3.05) is 0 Å². The maximum Gasteiger partial charge on any atom is 0.339 e. The van der Waals surface area contributed by atoms with Gasteiger partial charge in [0.2, 0.25) is 0 Å². The molecule has 0 aromatic heterocycles. The molecule has 0 heterocycles. The fraction of sp³-hybridized carbons (Fsp3) is 0.150. The molecule has 0 atom stereocenters. The minimum atomic E-state index is -0.273. The van der Waals surface area contributed by atoms with Crippen molar-refractivity contribution < 1.29 is 9.53 Å². The topological polar surface area (TPSA) is 26.3 Å². The molecule has 3 aromatic rings. The standard InChI is InChI=1S/C20H18O2/c1-14(2)22-20(21)19-17-11-7-6-10-16(17)12-13-18(19)15-8-4-3-5-9-15/h3-14H,1-2H3. The smallest absolute Gasteiger partial charge is 0.339 e. The van der Waals surface area contributed by atoms with Gasteiger partial charge in [-0.2, -0.15) is 0 Å². The first kappa shape index (κ1) is 14.3. The van der Waals surface area contributed by atoms with Crippen LogP contribution in [0.4, 0.5) is 0 Å². The number of benzene rings is 3. The van der Waals surface area contributed by atoms with Crippen molar-refractivity contribution in [1.29, 1.82) is 0 Å². The van der Waals surface area contributed by atoms with Crippen LogP contribution in [0.15, 0.2) is 66.7 Å². The first-order valence-corrected chi connectivity index (χ1v) is 7.45. The number of hydrogen-bond acceptors (Lipinski definition) is 2. The first-order chi connectivity index (χ1) is 10.7. The zero-order chi connectivity index (χ0) is 15.5. The van der Waals surface area contributed by atoms with E-state index < -0.39 is 0 Å². The van der Waals surface area contributed by atoms with E-state index in [-0.39, 0.29) is 12.1 Å². The Morgan fingerprint density at radius 1 is 0.864 bits per heavy atom. The molecule has 0 unspecified atom stereocenters. The van der Waals surface area contributed by atoms with E-state index in [4.69, 9.17) is 4.74 Å². The molecule has 0 amide bonds. The maximum atomic E-state index is 12.6. The third kappa shape index (κ3) is 2.73. The number of rotatable bonds is 3. The Kier molecular flexibility index (Phi) is 3.92. The number of hydrogen-bond donors (Lipinski definition) is 0. The Hall–Kier alpha value is -2.61. The fourth-order valence-electron chi connectivity index (χ4n) is 2.62. The highest BCUT2D eigenvalue weighted by Crippen LogP contribution is 2.31. The van der Waals surface area contributed by atoms with E-state index >= 15 is 0 Å². The van der Waals surface area contributed by atoms with E-state index in [9.17, 15) is 4.79 Å². The van der Waals surface area contributed by atoms with E-state index in [1.807, 2.05) is 80.6 Å². The molecule has 2 nitrogen and oxygen atoms in total. The Bertz CT molecular complexity index is 804. The highest BCUT2D eigenvalue weighted by Gasteiger charge is 2.18. The van der Waals surface area contributed by atoms with E-state index in [2.05, 4.69) is 0 Å². The SMILES string of the molecule is CC(C)OC(=O)c1c(-c2ccccc2)ccc2ccccc12. The van der Waals surface area contributed by atoms with E-state index in [1.165, 1.54) is 0 Å². The van der Waals surface area contributed by atoms with Gasteiger partial charge in [0.25, 0.3) is 0 Å². The molecule has 0 aliphatic heterocycles. The third-order valence-corrected chi connectivity index (χ3v) is 3.56. The van der Waals surface area contributed by atoms with Gasteiger partial charge >= 0.3 is 5.97 Å². The number of ether oxygens (including phenoxy) is 1. The lowest BCUT2D eigenvalue weighted by Gasteiger charge is -2.14. The predicted octanol–water partition coefficient (Wildman–Crippen LogP) is 5.07. The van der Waals surface area contributed by atoms with Gasteiger partial charge in [0.05, 0.1) is 11.7 Å². The molecule has 0 N–H and O–H groups in total. The quantitative estimate of drug-likeness (QED) is 0.629. The Morgan fingerprint density at radius 2 is 1.55 bits per heavy atom. The second-order valence-corrected chi connectivity index (χ2v) is 5.53. The molecule has 0 bridgehead atoms. The Morgan fingerprint density at radius 3 is 2.27 bits per heavy atom. The molecule has 0 saturated carbocycles. The van der Waals surface area contributed by atoms with Crippen LogP contribution in [0, 0.1) is 0 Å². The Labute approximate surface area is 130 Å². The molecule has 3 aromatic carbocycles. The van der Waals surface area contributed by atoms with E-state index in [1.54, 1.807) is 0 Å². The van der Waals surface area contributed by atoms with Crippen molar-refractivity contribution in [3.8, 4) is 11.1 Å². The second kappa shape index (κ2) is 6.02. The molecular formula is C20H18O2. The summed E-state index contributed by atoms with van der Waals surface area (Å²) < 4.78 is 5.47. The highest BCUT2D eigenvalue weighted by molar-refractivity contribution is 6.10. The average Bonchev–Trinajstić information content (AvgIpc) is 2.54. The minimum absolute atomic E-state index is 0.143. The lowest BCUT2D eigenvalue weighted by molar-refractivity contribution is 0.0381. The van der Waals surface area contributed by atoms with Gasteiger partial charge < -0.3 is 4.74 Å². The van der Waals surface area contributed by atoms with Gasteiger partial charge in [-0.05, 0) is 35.7 Å². The van der Waals surface area contributed by atoms with Crippen LogP contribution in [-0.2, 0) is 4.74 Å². The summed E-state index contributed by atoms with van der Waals surface area (Å²) in [6.07, 6.45) is -0.143. The van der Waals surface area contributed by atoms with Crippen molar-refractivity contribution in [2.45, 2.75) is 20.0 Å². The van der Waals surface area contributed by atoms with Crippen LogP contribution in [0.25, 0.3) is 21.9 Å². The Balaban J connectivity index is 2.26. The van der Waals surface area contributed by atoms with Crippen LogP contribution in [-0.4, -0.2) is 12.1 Å². The van der Waals surface area contributed by atoms with Gasteiger partial charge in [-0.1, -0.05) is 66.7 Å². The van der Waals surface area contributed by atoms with Gasteiger partial charge in [-0.3, -0.25) is 0 Å². The van der Waals surface area contributed by atoms with Gasteiger partial charge in [0.15, 0.2) is 0 Å². The van der Waals surface area contributed by atoms with Crippen molar-refractivity contribution in [3.05, 3.63) is 72.3 Å². The van der Waals surface area contributed by atoms with Crippen LogP contribution in [0.5, 0.6) is 0 Å². The molecular weight excluding hydrogens is 272 g/mol. The summed E-state index contributed by atoms with van der Waals surface area (Å²) in [4.78, 5) is 12.6. The molecule has 0 aliphatic rings. The number of carbonyl (C=O) groups is 1. The molecule has 22 heavy (non-hydrogen) atoms. The summed E-state index contributed by atoms with van der Waals surface area (Å²) in [6, 6.07) is 21.9. The summed E-state index contributed by atoms with van der Waals surface area (Å²) in [7, 11) is 0. The van der Waals surface area contributed by atoms with Crippen molar-refractivity contribution in [2.24, 2.45) is 0 Å².